The van der Waals surface area contributed by atoms with Crippen LogP contribution in [-0.2, 0) is 11.3 Å². The molecular formula is C14H20FNO2. The molecule has 0 atom stereocenters. The summed E-state index contributed by atoms with van der Waals surface area (Å²) < 4.78 is 13.0. The topological polar surface area (TPSA) is 40.5 Å². The third-order valence-electron chi connectivity index (χ3n) is 2.68. The molecule has 1 N–H and O–H groups in total. The lowest BCUT2D eigenvalue weighted by Crippen LogP contribution is -2.32. The summed E-state index contributed by atoms with van der Waals surface area (Å²) in [6, 6.07) is 4.61. The Labute approximate surface area is 107 Å². The number of halogens is 1. The molecule has 1 aromatic rings. The van der Waals surface area contributed by atoms with Crippen LogP contribution in [0.25, 0.3) is 0 Å². The normalized spacial score (nSPS) is 11.2. The van der Waals surface area contributed by atoms with Crippen LogP contribution in [0.2, 0.25) is 0 Å². The molecule has 0 aliphatic rings. The molecule has 0 aromatic heterocycles. The van der Waals surface area contributed by atoms with Crippen molar-refractivity contribution in [3.63, 3.8) is 0 Å². The van der Waals surface area contributed by atoms with Gasteiger partial charge in [0.25, 0.3) is 0 Å². The number of carboxylic acids is 1. The van der Waals surface area contributed by atoms with Gasteiger partial charge in [-0.05, 0) is 36.1 Å². The van der Waals surface area contributed by atoms with E-state index in [2.05, 4.69) is 0 Å². The lowest BCUT2D eigenvalue weighted by molar-refractivity contribution is -0.138. The number of benzene rings is 1. The standard InChI is InChI=1S/C14H20FNO2/c1-10(2)7-16(9-14(17)18)8-12-4-5-13(15)6-11(12)3/h4-6,10H,7-9H2,1-3H3,(H,17,18). The highest BCUT2D eigenvalue weighted by atomic mass is 19.1. The maximum atomic E-state index is 13.0. The first kappa shape index (κ1) is 14.6. The van der Waals surface area contributed by atoms with Gasteiger partial charge in [-0.1, -0.05) is 19.9 Å². The Hall–Kier alpha value is -1.42. The van der Waals surface area contributed by atoms with Crippen molar-refractivity contribution < 1.29 is 14.3 Å². The van der Waals surface area contributed by atoms with Gasteiger partial charge >= 0.3 is 5.97 Å². The van der Waals surface area contributed by atoms with Gasteiger partial charge in [-0.2, -0.15) is 0 Å². The van der Waals surface area contributed by atoms with Crippen molar-refractivity contribution >= 4 is 5.97 Å². The molecule has 0 saturated heterocycles. The summed E-state index contributed by atoms with van der Waals surface area (Å²) in [6.45, 7) is 7.19. The maximum absolute atomic E-state index is 13.0. The molecule has 0 aliphatic heterocycles. The van der Waals surface area contributed by atoms with E-state index in [-0.39, 0.29) is 12.4 Å². The van der Waals surface area contributed by atoms with Crippen LogP contribution in [0, 0.1) is 18.7 Å². The number of carbonyl (C=O) groups is 1. The van der Waals surface area contributed by atoms with Gasteiger partial charge in [0.15, 0.2) is 0 Å². The van der Waals surface area contributed by atoms with Gasteiger partial charge in [0.2, 0.25) is 0 Å². The van der Waals surface area contributed by atoms with E-state index in [0.717, 1.165) is 11.1 Å². The summed E-state index contributed by atoms with van der Waals surface area (Å²) >= 11 is 0. The zero-order valence-electron chi connectivity index (χ0n) is 11.1. The maximum Gasteiger partial charge on any atom is 0.317 e. The quantitative estimate of drug-likeness (QED) is 0.847. The highest BCUT2D eigenvalue weighted by Gasteiger charge is 2.13. The SMILES string of the molecule is Cc1cc(F)ccc1CN(CC(=O)O)CC(C)C. The van der Waals surface area contributed by atoms with Gasteiger partial charge < -0.3 is 5.11 Å². The highest BCUT2D eigenvalue weighted by Crippen LogP contribution is 2.13. The molecule has 0 heterocycles. The average Bonchev–Trinajstić information content (AvgIpc) is 2.20. The van der Waals surface area contributed by atoms with Crippen LogP contribution in [0.3, 0.4) is 0 Å². The predicted molar refractivity (Wildman–Crippen MR) is 68.9 cm³/mol. The summed E-state index contributed by atoms with van der Waals surface area (Å²) in [7, 11) is 0. The lowest BCUT2D eigenvalue weighted by Gasteiger charge is -2.23. The zero-order chi connectivity index (χ0) is 13.7. The molecule has 3 nitrogen and oxygen atoms in total. The molecule has 0 radical (unpaired) electrons. The fraction of sp³-hybridized carbons (Fsp3) is 0.500. The molecule has 0 saturated carbocycles. The van der Waals surface area contributed by atoms with Crippen molar-refractivity contribution in [3.05, 3.63) is 35.1 Å². The molecule has 1 aromatic carbocycles. The second-order valence-electron chi connectivity index (χ2n) is 5.03. The van der Waals surface area contributed by atoms with Crippen molar-refractivity contribution in [2.75, 3.05) is 13.1 Å². The van der Waals surface area contributed by atoms with Crippen molar-refractivity contribution in [2.45, 2.75) is 27.3 Å². The minimum Gasteiger partial charge on any atom is -0.480 e. The van der Waals surface area contributed by atoms with Gasteiger partial charge in [0, 0.05) is 13.1 Å². The fourth-order valence-corrected chi connectivity index (χ4v) is 1.97. The number of hydrogen-bond donors (Lipinski definition) is 1. The Morgan fingerprint density at radius 2 is 2.11 bits per heavy atom. The summed E-state index contributed by atoms with van der Waals surface area (Å²) in [5.74, 6) is -0.703. The van der Waals surface area contributed by atoms with Crippen LogP contribution >= 0.6 is 0 Å². The Morgan fingerprint density at radius 3 is 2.61 bits per heavy atom. The van der Waals surface area contributed by atoms with E-state index in [0.29, 0.717) is 19.0 Å². The van der Waals surface area contributed by atoms with Crippen LogP contribution in [0.4, 0.5) is 4.39 Å². The van der Waals surface area contributed by atoms with E-state index in [1.165, 1.54) is 12.1 Å². The minimum atomic E-state index is -0.838. The van der Waals surface area contributed by atoms with E-state index in [1.807, 2.05) is 25.7 Å². The van der Waals surface area contributed by atoms with Gasteiger partial charge in [0.05, 0.1) is 6.54 Å². The van der Waals surface area contributed by atoms with Crippen molar-refractivity contribution in [1.29, 1.82) is 0 Å². The van der Waals surface area contributed by atoms with Gasteiger partial charge in [-0.3, -0.25) is 9.69 Å². The van der Waals surface area contributed by atoms with Crippen molar-refractivity contribution in [1.82, 2.24) is 4.90 Å². The number of aryl methyl sites for hydroxylation is 1. The lowest BCUT2D eigenvalue weighted by atomic mass is 10.1. The number of rotatable bonds is 6. The molecule has 4 heteroatoms. The first-order valence-corrected chi connectivity index (χ1v) is 6.07. The molecule has 100 valence electrons. The van der Waals surface area contributed by atoms with Crippen LogP contribution in [-0.4, -0.2) is 29.1 Å². The van der Waals surface area contributed by atoms with E-state index < -0.39 is 5.97 Å². The summed E-state index contributed by atoms with van der Waals surface area (Å²) in [6.07, 6.45) is 0. The molecule has 0 spiro atoms. The van der Waals surface area contributed by atoms with Gasteiger partial charge in [-0.25, -0.2) is 4.39 Å². The molecule has 0 fully saturated rings. The van der Waals surface area contributed by atoms with Gasteiger partial charge in [-0.15, -0.1) is 0 Å². The number of hydrogen-bond acceptors (Lipinski definition) is 2. The third-order valence-corrected chi connectivity index (χ3v) is 2.68. The van der Waals surface area contributed by atoms with E-state index in [4.69, 9.17) is 5.11 Å². The number of carboxylic acid groups (broad SMARTS) is 1. The molecule has 18 heavy (non-hydrogen) atoms. The van der Waals surface area contributed by atoms with Crippen LogP contribution < -0.4 is 0 Å². The first-order chi connectivity index (χ1) is 8.38. The largest absolute Gasteiger partial charge is 0.480 e. The molecule has 0 unspecified atom stereocenters. The molecule has 0 aliphatic carbocycles. The van der Waals surface area contributed by atoms with Crippen LogP contribution in [0.15, 0.2) is 18.2 Å². The fourth-order valence-electron chi connectivity index (χ4n) is 1.97. The molecule has 0 amide bonds. The first-order valence-electron chi connectivity index (χ1n) is 6.07. The predicted octanol–water partition coefficient (Wildman–Crippen LogP) is 2.68. The zero-order valence-corrected chi connectivity index (χ0v) is 11.1. The Kier molecular flexibility index (Phi) is 5.28. The van der Waals surface area contributed by atoms with Crippen molar-refractivity contribution in [3.8, 4) is 0 Å². The average molecular weight is 253 g/mol. The minimum absolute atomic E-state index is 0.00893. The second kappa shape index (κ2) is 6.50. The second-order valence-corrected chi connectivity index (χ2v) is 5.03. The number of aliphatic carboxylic acids is 1. The summed E-state index contributed by atoms with van der Waals surface area (Å²) in [4.78, 5) is 12.7. The van der Waals surface area contributed by atoms with E-state index in [1.54, 1.807) is 6.07 Å². The monoisotopic (exact) mass is 253 g/mol. The third kappa shape index (κ3) is 4.84. The van der Waals surface area contributed by atoms with Crippen LogP contribution in [0.1, 0.15) is 25.0 Å². The van der Waals surface area contributed by atoms with E-state index >= 15 is 0 Å². The smallest absolute Gasteiger partial charge is 0.317 e. The summed E-state index contributed by atoms with van der Waals surface area (Å²) in [5.41, 5.74) is 1.83. The Morgan fingerprint density at radius 1 is 1.44 bits per heavy atom. The van der Waals surface area contributed by atoms with E-state index in [9.17, 15) is 9.18 Å². The van der Waals surface area contributed by atoms with Gasteiger partial charge in [0.1, 0.15) is 5.82 Å². The van der Waals surface area contributed by atoms with Crippen LogP contribution in [0.5, 0.6) is 0 Å². The molecular weight excluding hydrogens is 233 g/mol. The Balaban J connectivity index is 2.78. The molecule has 0 bridgehead atoms. The molecule has 1 rings (SSSR count). The number of nitrogens with zero attached hydrogens (tertiary/aromatic N) is 1. The Bertz CT molecular complexity index is 418. The van der Waals surface area contributed by atoms with Crippen molar-refractivity contribution in [2.24, 2.45) is 5.92 Å². The highest BCUT2D eigenvalue weighted by molar-refractivity contribution is 5.69. The summed E-state index contributed by atoms with van der Waals surface area (Å²) in [5, 5.41) is 8.89.